The largest absolute Gasteiger partial charge is 0.367 e. The number of nitrogens with two attached hydrogens (primary N) is 1. The van der Waals surface area contributed by atoms with Crippen molar-refractivity contribution in [2.75, 3.05) is 0 Å². The van der Waals surface area contributed by atoms with E-state index in [2.05, 4.69) is 22.6 Å². The lowest BCUT2D eigenvalue weighted by atomic mass is 9.78. The fraction of sp³-hybridized carbons (Fsp3) is 0.471. The second kappa shape index (κ2) is 5.79. The standard InChI is InChI=1S/C17H20ClN5O2/c1-9-6-17(7-13(20-9)14-8-23(2)22-21-14)12-5-10(18)3-4-11(12)15(25-17)16(19)24/h3-5,8-9,13,15,20H,6-7H2,1-2H3,(H2,19,24). The van der Waals surface area contributed by atoms with Crippen LogP contribution in [0.2, 0.25) is 5.02 Å². The van der Waals surface area contributed by atoms with Gasteiger partial charge in [0.2, 0.25) is 0 Å². The number of hydrogen-bond acceptors (Lipinski definition) is 5. The molecule has 132 valence electrons. The van der Waals surface area contributed by atoms with Gasteiger partial charge in [0.05, 0.1) is 17.3 Å². The van der Waals surface area contributed by atoms with Crippen LogP contribution in [0.1, 0.15) is 48.7 Å². The second-order valence-corrected chi connectivity index (χ2v) is 7.41. The van der Waals surface area contributed by atoms with Crippen molar-refractivity contribution in [2.45, 2.75) is 43.6 Å². The van der Waals surface area contributed by atoms with Crippen LogP contribution in [0.5, 0.6) is 0 Å². The van der Waals surface area contributed by atoms with Gasteiger partial charge in [0.15, 0.2) is 6.10 Å². The Morgan fingerprint density at radius 1 is 1.48 bits per heavy atom. The van der Waals surface area contributed by atoms with Gasteiger partial charge in [-0.2, -0.15) is 0 Å². The first-order valence-electron chi connectivity index (χ1n) is 8.27. The molecule has 3 N–H and O–H groups in total. The van der Waals surface area contributed by atoms with Crippen molar-refractivity contribution < 1.29 is 9.53 Å². The van der Waals surface area contributed by atoms with Crippen molar-refractivity contribution in [1.29, 1.82) is 0 Å². The summed E-state index contributed by atoms with van der Waals surface area (Å²) in [4.78, 5) is 11.9. The normalized spacial score (nSPS) is 31.2. The summed E-state index contributed by atoms with van der Waals surface area (Å²) in [5.74, 6) is -0.484. The van der Waals surface area contributed by atoms with Crippen LogP contribution in [0.4, 0.5) is 0 Å². The van der Waals surface area contributed by atoms with Gasteiger partial charge >= 0.3 is 0 Å². The van der Waals surface area contributed by atoms with Crippen molar-refractivity contribution in [3.05, 3.63) is 46.2 Å². The minimum absolute atomic E-state index is 0.0316. The molecular formula is C17H20ClN5O2. The zero-order chi connectivity index (χ0) is 17.8. The van der Waals surface area contributed by atoms with E-state index in [0.717, 1.165) is 23.2 Å². The highest BCUT2D eigenvalue weighted by Crippen LogP contribution is 2.52. The number of nitrogens with one attached hydrogen (secondary N) is 1. The molecule has 2 aliphatic heterocycles. The lowest BCUT2D eigenvalue weighted by molar-refractivity contribution is -0.148. The van der Waals surface area contributed by atoms with Crippen LogP contribution in [0.15, 0.2) is 24.4 Å². The van der Waals surface area contributed by atoms with Crippen LogP contribution < -0.4 is 11.1 Å². The number of aromatic nitrogens is 3. The summed E-state index contributed by atoms with van der Waals surface area (Å²) >= 11 is 6.23. The van der Waals surface area contributed by atoms with Crippen molar-refractivity contribution >= 4 is 17.5 Å². The third-order valence-corrected chi connectivity index (χ3v) is 5.26. The molecule has 2 aromatic rings. The Kier molecular flexibility index (Phi) is 3.82. The van der Waals surface area contributed by atoms with Gasteiger partial charge in [-0.1, -0.05) is 22.9 Å². The van der Waals surface area contributed by atoms with Gasteiger partial charge in [-0.3, -0.25) is 9.48 Å². The smallest absolute Gasteiger partial charge is 0.251 e. The SMILES string of the molecule is CC1CC2(CC(c3cn(C)nn3)N1)OC(C(N)=O)c1ccc(Cl)cc12. The average molecular weight is 362 g/mol. The molecule has 4 unspecified atom stereocenters. The van der Waals surface area contributed by atoms with E-state index < -0.39 is 17.6 Å². The summed E-state index contributed by atoms with van der Waals surface area (Å²) in [5.41, 5.74) is 7.58. The predicted octanol–water partition coefficient (Wildman–Crippen LogP) is 1.73. The summed E-state index contributed by atoms with van der Waals surface area (Å²) in [6, 6.07) is 5.64. The molecule has 4 atom stereocenters. The van der Waals surface area contributed by atoms with Crippen LogP contribution in [0.25, 0.3) is 0 Å². The Morgan fingerprint density at radius 2 is 2.28 bits per heavy atom. The third kappa shape index (κ3) is 2.72. The second-order valence-electron chi connectivity index (χ2n) is 6.97. The molecule has 25 heavy (non-hydrogen) atoms. The fourth-order valence-corrected chi connectivity index (χ4v) is 4.29. The number of primary amides is 1. The molecule has 0 saturated carbocycles. The number of nitrogens with zero attached hydrogens (tertiary/aromatic N) is 3. The van der Waals surface area contributed by atoms with Crippen LogP contribution in [0, 0.1) is 0 Å². The molecule has 1 amide bonds. The van der Waals surface area contributed by atoms with Gasteiger partial charge < -0.3 is 15.8 Å². The first-order chi connectivity index (χ1) is 11.9. The summed E-state index contributed by atoms with van der Waals surface area (Å²) < 4.78 is 7.95. The number of piperidine rings is 1. The number of ether oxygens (including phenoxy) is 1. The number of amides is 1. The third-order valence-electron chi connectivity index (χ3n) is 5.02. The van der Waals surface area contributed by atoms with Gasteiger partial charge in [-0.25, -0.2) is 0 Å². The van der Waals surface area contributed by atoms with Gasteiger partial charge in [-0.15, -0.1) is 5.10 Å². The average Bonchev–Trinajstić information content (AvgIpc) is 3.10. The summed E-state index contributed by atoms with van der Waals surface area (Å²) in [6.45, 7) is 2.09. The lowest BCUT2D eigenvalue weighted by Crippen LogP contribution is -2.47. The number of aryl methyl sites for hydroxylation is 1. The highest BCUT2D eigenvalue weighted by Gasteiger charge is 2.51. The van der Waals surface area contributed by atoms with E-state index in [0.29, 0.717) is 11.4 Å². The van der Waals surface area contributed by atoms with Gasteiger partial charge in [-0.05, 0) is 36.6 Å². The maximum absolute atomic E-state index is 11.9. The Morgan fingerprint density at radius 3 is 2.96 bits per heavy atom. The molecule has 1 fully saturated rings. The molecule has 0 bridgehead atoms. The minimum atomic E-state index is -0.750. The van der Waals surface area contributed by atoms with Crippen LogP contribution >= 0.6 is 11.6 Å². The van der Waals surface area contributed by atoms with Crippen LogP contribution in [-0.2, 0) is 22.2 Å². The predicted molar refractivity (Wildman–Crippen MR) is 91.7 cm³/mol. The number of hydrogen-bond donors (Lipinski definition) is 2. The van der Waals surface area contributed by atoms with E-state index in [1.54, 1.807) is 10.7 Å². The van der Waals surface area contributed by atoms with Crippen LogP contribution in [-0.4, -0.2) is 26.9 Å². The molecule has 3 heterocycles. The number of benzene rings is 1. The molecule has 1 aromatic heterocycles. The van der Waals surface area contributed by atoms with Gasteiger partial charge in [0, 0.05) is 30.7 Å². The zero-order valence-corrected chi connectivity index (χ0v) is 14.8. The quantitative estimate of drug-likeness (QED) is 0.849. The van der Waals surface area contributed by atoms with Crippen molar-refractivity contribution in [2.24, 2.45) is 12.8 Å². The zero-order valence-electron chi connectivity index (χ0n) is 14.1. The Labute approximate surface area is 150 Å². The van der Waals surface area contributed by atoms with E-state index in [-0.39, 0.29) is 12.1 Å². The van der Waals surface area contributed by atoms with E-state index in [4.69, 9.17) is 22.1 Å². The molecule has 1 saturated heterocycles. The summed E-state index contributed by atoms with van der Waals surface area (Å²) in [5, 5.41) is 12.4. The first kappa shape index (κ1) is 16.5. The molecule has 1 spiro atoms. The molecule has 2 aliphatic rings. The summed E-state index contributed by atoms with van der Waals surface area (Å²) in [7, 11) is 1.84. The van der Waals surface area contributed by atoms with Gasteiger partial charge in [0.1, 0.15) is 0 Å². The highest BCUT2D eigenvalue weighted by molar-refractivity contribution is 6.30. The van der Waals surface area contributed by atoms with Crippen LogP contribution in [0.3, 0.4) is 0 Å². The molecule has 7 nitrogen and oxygen atoms in total. The maximum atomic E-state index is 11.9. The Bertz CT molecular complexity index is 838. The van der Waals surface area contributed by atoms with E-state index >= 15 is 0 Å². The fourth-order valence-electron chi connectivity index (χ4n) is 4.12. The number of fused-ring (bicyclic) bond motifs is 2. The number of halogens is 1. The molecule has 0 aliphatic carbocycles. The van der Waals surface area contributed by atoms with Crippen molar-refractivity contribution in [1.82, 2.24) is 20.3 Å². The number of rotatable bonds is 2. The molecular weight excluding hydrogens is 342 g/mol. The molecule has 8 heteroatoms. The molecule has 0 radical (unpaired) electrons. The van der Waals surface area contributed by atoms with Crippen molar-refractivity contribution in [3.63, 3.8) is 0 Å². The van der Waals surface area contributed by atoms with Crippen molar-refractivity contribution in [3.8, 4) is 0 Å². The minimum Gasteiger partial charge on any atom is -0.367 e. The molecule has 4 rings (SSSR count). The lowest BCUT2D eigenvalue weighted by Gasteiger charge is -2.41. The molecule has 1 aromatic carbocycles. The van der Waals surface area contributed by atoms with E-state index in [1.165, 1.54) is 0 Å². The number of carbonyl (C=O) groups excluding carboxylic acids is 1. The number of carbonyl (C=O) groups is 1. The van der Waals surface area contributed by atoms with E-state index in [1.807, 2.05) is 25.4 Å². The topological polar surface area (TPSA) is 95.1 Å². The Hall–Kier alpha value is -1.96. The van der Waals surface area contributed by atoms with Gasteiger partial charge in [0.25, 0.3) is 5.91 Å². The first-order valence-corrected chi connectivity index (χ1v) is 8.65. The summed E-state index contributed by atoms with van der Waals surface area (Å²) in [6.07, 6.45) is 2.50. The van der Waals surface area contributed by atoms with E-state index in [9.17, 15) is 4.79 Å². The Balaban J connectivity index is 1.78. The maximum Gasteiger partial charge on any atom is 0.251 e. The monoisotopic (exact) mass is 361 g/mol. The highest BCUT2D eigenvalue weighted by atomic mass is 35.5.